The van der Waals surface area contributed by atoms with Crippen LogP contribution in [0.4, 0.5) is 4.39 Å². The maximum absolute atomic E-state index is 13.7. The largest absolute Gasteiger partial charge is 0.383 e. The molecule has 0 aliphatic carbocycles. The second-order valence-corrected chi connectivity index (χ2v) is 8.26. The van der Waals surface area contributed by atoms with Crippen LogP contribution in [-0.4, -0.2) is 36.6 Å². The van der Waals surface area contributed by atoms with Crippen molar-refractivity contribution >= 4 is 29.8 Å². The molecule has 0 aromatic heterocycles. The number of rotatable bonds is 6. The summed E-state index contributed by atoms with van der Waals surface area (Å²) < 4.78 is 66.6. The maximum Gasteiger partial charge on any atom is 0.261 e. The summed E-state index contributed by atoms with van der Waals surface area (Å²) in [6.45, 7) is 1.64. The van der Waals surface area contributed by atoms with Crippen molar-refractivity contribution in [2.75, 3.05) is 13.7 Å². The molecule has 1 atom stereocenters. The lowest BCUT2D eigenvalue weighted by Gasteiger charge is -2.13. The average Bonchev–Trinajstić information content (AvgIpc) is 2.26. The molecule has 20 heavy (non-hydrogen) atoms. The molecule has 0 aliphatic heterocycles. The third-order valence-corrected chi connectivity index (χ3v) is 5.22. The van der Waals surface area contributed by atoms with Gasteiger partial charge in [-0.05, 0) is 25.1 Å². The molecule has 0 spiro atoms. The molecule has 0 heterocycles. The number of benzene rings is 1. The Hall–Kier alpha value is -0.740. The van der Waals surface area contributed by atoms with Gasteiger partial charge in [-0.15, -0.1) is 0 Å². The summed E-state index contributed by atoms with van der Waals surface area (Å²) >= 11 is 0. The zero-order valence-corrected chi connectivity index (χ0v) is 13.0. The molecule has 114 valence electrons. The molecule has 1 rings (SSSR count). The van der Waals surface area contributed by atoms with Gasteiger partial charge in [0.25, 0.3) is 9.05 Å². The highest BCUT2D eigenvalue weighted by molar-refractivity contribution is 8.13. The summed E-state index contributed by atoms with van der Waals surface area (Å²) in [5.74, 6) is -1.20. The lowest BCUT2D eigenvalue weighted by atomic mass is 10.3. The molecule has 0 radical (unpaired) electrons. The van der Waals surface area contributed by atoms with Crippen LogP contribution < -0.4 is 4.72 Å². The van der Waals surface area contributed by atoms with Crippen molar-refractivity contribution < 1.29 is 26.0 Å². The fourth-order valence-electron chi connectivity index (χ4n) is 1.46. The highest BCUT2D eigenvalue weighted by Gasteiger charge is 2.23. The normalized spacial score (nSPS) is 14.2. The summed E-state index contributed by atoms with van der Waals surface area (Å²) in [5, 5.41) is 0. The second-order valence-electron chi connectivity index (χ2n) is 4.01. The van der Waals surface area contributed by atoms with Gasteiger partial charge in [-0.3, -0.25) is 0 Å². The van der Waals surface area contributed by atoms with E-state index >= 15 is 0 Å². The van der Waals surface area contributed by atoms with Gasteiger partial charge in [0.05, 0.1) is 11.5 Å². The van der Waals surface area contributed by atoms with Crippen molar-refractivity contribution in [1.82, 2.24) is 4.72 Å². The van der Waals surface area contributed by atoms with Crippen molar-refractivity contribution in [2.45, 2.75) is 22.8 Å². The van der Waals surface area contributed by atoms with E-state index in [0.29, 0.717) is 6.07 Å². The van der Waals surface area contributed by atoms with Gasteiger partial charge in [-0.25, -0.2) is 25.9 Å². The SMILES string of the molecule is COCC(C)NS(=O)(=O)c1ccc(S(=O)(=O)Cl)cc1F. The van der Waals surface area contributed by atoms with E-state index in [9.17, 15) is 21.2 Å². The van der Waals surface area contributed by atoms with Crippen LogP contribution in [0.1, 0.15) is 6.92 Å². The first kappa shape index (κ1) is 17.3. The third-order valence-electron chi connectivity index (χ3n) is 2.25. The smallest absolute Gasteiger partial charge is 0.261 e. The standard InChI is InChI=1S/C10H13ClFNO5S2/c1-7(6-18-2)13-20(16,17)10-4-3-8(5-9(10)12)19(11,14)15/h3-5,7,13H,6H2,1-2H3. The lowest BCUT2D eigenvalue weighted by Crippen LogP contribution is -2.36. The van der Waals surface area contributed by atoms with Crippen LogP contribution >= 0.6 is 10.7 Å². The first-order chi connectivity index (χ1) is 9.08. The Bertz CT molecular complexity index is 690. The van der Waals surface area contributed by atoms with Gasteiger partial charge in [-0.2, -0.15) is 0 Å². The van der Waals surface area contributed by atoms with Gasteiger partial charge >= 0.3 is 0 Å². The fourth-order valence-corrected chi connectivity index (χ4v) is 3.51. The Morgan fingerprint density at radius 3 is 2.40 bits per heavy atom. The number of halogens is 2. The van der Waals surface area contributed by atoms with Gasteiger partial charge in [0.1, 0.15) is 10.7 Å². The van der Waals surface area contributed by atoms with E-state index in [0.717, 1.165) is 12.1 Å². The van der Waals surface area contributed by atoms with Gasteiger partial charge in [0, 0.05) is 23.8 Å². The van der Waals surface area contributed by atoms with E-state index in [2.05, 4.69) is 4.72 Å². The van der Waals surface area contributed by atoms with Gasteiger partial charge in [-0.1, -0.05) is 0 Å². The second kappa shape index (κ2) is 6.35. The molecule has 1 unspecified atom stereocenters. The monoisotopic (exact) mass is 345 g/mol. The molecular formula is C10H13ClFNO5S2. The zero-order chi connectivity index (χ0) is 15.6. The minimum atomic E-state index is -4.12. The van der Waals surface area contributed by atoms with Gasteiger partial charge in [0.15, 0.2) is 0 Å². The van der Waals surface area contributed by atoms with E-state index in [1.54, 1.807) is 0 Å². The summed E-state index contributed by atoms with van der Waals surface area (Å²) in [7, 11) is -1.80. The van der Waals surface area contributed by atoms with Crippen LogP contribution in [0, 0.1) is 5.82 Å². The van der Waals surface area contributed by atoms with Crippen LogP contribution in [0.3, 0.4) is 0 Å². The van der Waals surface area contributed by atoms with Crippen LogP contribution in [0.15, 0.2) is 28.0 Å². The molecule has 10 heteroatoms. The number of hydrogen-bond acceptors (Lipinski definition) is 5. The van der Waals surface area contributed by atoms with Crippen LogP contribution in [0.2, 0.25) is 0 Å². The Morgan fingerprint density at radius 1 is 1.35 bits per heavy atom. The Labute approximate surface area is 121 Å². The first-order valence-corrected chi connectivity index (χ1v) is 9.12. The van der Waals surface area contributed by atoms with Crippen molar-refractivity contribution in [3.8, 4) is 0 Å². The zero-order valence-electron chi connectivity index (χ0n) is 10.6. The van der Waals surface area contributed by atoms with E-state index in [1.807, 2.05) is 0 Å². The first-order valence-electron chi connectivity index (χ1n) is 5.33. The van der Waals surface area contributed by atoms with Gasteiger partial charge < -0.3 is 4.74 Å². The molecule has 0 fully saturated rings. The van der Waals surface area contributed by atoms with Crippen LogP contribution in [0.5, 0.6) is 0 Å². The van der Waals surface area contributed by atoms with Crippen molar-refractivity contribution in [1.29, 1.82) is 0 Å². The van der Waals surface area contributed by atoms with E-state index < -0.39 is 40.7 Å². The van der Waals surface area contributed by atoms with Crippen molar-refractivity contribution in [3.05, 3.63) is 24.0 Å². The van der Waals surface area contributed by atoms with Crippen molar-refractivity contribution in [3.63, 3.8) is 0 Å². The molecular weight excluding hydrogens is 333 g/mol. The molecule has 0 bridgehead atoms. The van der Waals surface area contributed by atoms with E-state index in [-0.39, 0.29) is 6.61 Å². The highest BCUT2D eigenvalue weighted by Crippen LogP contribution is 2.21. The van der Waals surface area contributed by atoms with E-state index in [4.69, 9.17) is 15.4 Å². The molecule has 1 N–H and O–H groups in total. The fraction of sp³-hybridized carbons (Fsp3) is 0.400. The Kier molecular flexibility index (Phi) is 5.50. The average molecular weight is 346 g/mol. The minimum absolute atomic E-state index is 0.106. The molecule has 0 saturated carbocycles. The number of hydrogen-bond donors (Lipinski definition) is 1. The van der Waals surface area contributed by atoms with E-state index in [1.165, 1.54) is 14.0 Å². The number of methoxy groups -OCH3 is 1. The van der Waals surface area contributed by atoms with Gasteiger partial charge in [0.2, 0.25) is 10.0 Å². The summed E-state index contributed by atoms with van der Waals surface area (Å²) in [6, 6.07) is 1.74. The predicted molar refractivity (Wildman–Crippen MR) is 71.1 cm³/mol. The van der Waals surface area contributed by atoms with Crippen molar-refractivity contribution in [2.24, 2.45) is 0 Å². The van der Waals surface area contributed by atoms with Crippen LogP contribution in [0.25, 0.3) is 0 Å². The third kappa shape index (κ3) is 4.38. The number of nitrogens with one attached hydrogen (secondary N) is 1. The highest BCUT2D eigenvalue weighted by atomic mass is 35.7. The lowest BCUT2D eigenvalue weighted by molar-refractivity contribution is 0.180. The number of ether oxygens (including phenoxy) is 1. The molecule has 1 aromatic rings. The summed E-state index contributed by atoms with van der Waals surface area (Å²) in [4.78, 5) is -1.18. The molecule has 1 aromatic carbocycles. The molecule has 6 nitrogen and oxygen atoms in total. The molecule has 0 aliphatic rings. The Balaban J connectivity index is 3.15. The Morgan fingerprint density at radius 2 is 1.95 bits per heavy atom. The number of sulfonamides is 1. The molecule has 0 saturated heterocycles. The minimum Gasteiger partial charge on any atom is -0.383 e. The predicted octanol–water partition coefficient (Wildman–Crippen LogP) is 1.07. The topological polar surface area (TPSA) is 89.5 Å². The quantitative estimate of drug-likeness (QED) is 0.779. The van der Waals surface area contributed by atoms with Crippen LogP contribution in [-0.2, 0) is 23.8 Å². The summed E-state index contributed by atoms with van der Waals surface area (Å²) in [6.07, 6.45) is 0. The maximum atomic E-state index is 13.7. The summed E-state index contributed by atoms with van der Waals surface area (Å²) in [5.41, 5.74) is 0. The molecule has 0 amide bonds.